The molecule has 0 aliphatic rings. The molecule has 0 atom stereocenters. The summed E-state index contributed by atoms with van der Waals surface area (Å²) >= 11 is 0. The zero-order valence-corrected chi connectivity index (χ0v) is 7.78. The van der Waals surface area contributed by atoms with Gasteiger partial charge in [-0.05, 0) is 18.2 Å². The SMILES string of the molecule is ON=Cc1cnccc1-c1cccnn1. The zero-order chi connectivity index (χ0) is 10.5. The summed E-state index contributed by atoms with van der Waals surface area (Å²) in [6, 6.07) is 5.42. The summed E-state index contributed by atoms with van der Waals surface area (Å²) in [4.78, 5) is 3.94. The second kappa shape index (κ2) is 4.28. The lowest BCUT2D eigenvalue weighted by Crippen LogP contribution is -1.92. The molecule has 0 aliphatic heterocycles. The summed E-state index contributed by atoms with van der Waals surface area (Å²) in [6.45, 7) is 0. The lowest BCUT2D eigenvalue weighted by Gasteiger charge is -2.01. The summed E-state index contributed by atoms with van der Waals surface area (Å²) in [5.41, 5.74) is 2.24. The van der Waals surface area contributed by atoms with Crippen molar-refractivity contribution in [2.24, 2.45) is 5.16 Å². The van der Waals surface area contributed by atoms with Crippen molar-refractivity contribution in [1.29, 1.82) is 0 Å². The quantitative estimate of drug-likeness (QED) is 0.451. The standard InChI is InChI=1S/C10H8N4O/c15-13-7-8-6-11-5-3-9(8)10-2-1-4-12-14-10/h1-7,15H. The minimum absolute atomic E-state index is 0.695. The molecule has 0 aliphatic carbocycles. The van der Waals surface area contributed by atoms with Crippen molar-refractivity contribution in [3.05, 3.63) is 42.4 Å². The van der Waals surface area contributed by atoms with E-state index in [1.165, 1.54) is 6.21 Å². The molecule has 0 fully saturated rings. The van der Waals surface area contributed by atoms with E-state index >= 15 is 0 Å². The minimum Gasteiger partial charge on any atom is -0.411 e. The molecule has 0 saturated heterocycles. The predicted octanol–water partition coefficient (Wildman–Crippen LogP) is 1.35. The molecule has 0 radical (unpaired) electrons. The number of oxime groups is 1. The number of nitrogens with zero attached hydrogens (tertiary/aromatic N) is 4. The molecule has 2 rings (SSSR count). The van der Waals surface area contributed by atoms with Crippen molar-refractivity contribution in [2.75, 3.05) is 0 Å². The first kappa shape index (κ1) is 9.26. The lowest BCUT2D eigenvalue weighted by molar-refractivity contribution is 0.322. The summed E-state index contributed by atoms with van der Waals surface area (Å²) in [5, 5.41) is 19.2. The Morgan fingerprint density at radius 3 is 2.93 bits per heavy atom. The van der Waals surface area contributed by atoms with Crippen molar-refractivity contribution in [3.8, 4) is 11.3 Å². The highest BCUT2D eigenvalue weighted by molar-refractivity contribution is 5.88. The number of hydrogen-bond donors (Lipinski definition) is 1. The van der Waals surface area contributed by atoms with Crippen LogP contribution in [0.15, 0.2) is 41.9 Å². The smallest absolute Gasteiger partial charge is 0.0937 e. The van der Waals surface area contributed by atoms with Gasteiger partial charge >= 0.3 is 0 Å². The van der Waals surface area contributed by atoms with Gasteiger partial charge in [-0.3, -0.25) is 4.98 Å². The van der Waals surface area contributed by atoms with Crippen LogP contribution in [-0.2, 0) is 0 Å². The first-order valence-electron chi connectivity index (χ1n) is 4.31. The van der Waals surface area contributed by atoms with Crippen LogP contribution in [0.1, 0.15) is 5.56 Å². The van der Waals surface area contributed by atoms with Gasteiger partial charge in [0.15, 0.2) is 0 Å². The van der Waals surface area contributed by atoms with Crippen molar-refractivity contribution in [3.63, 3.8) is 0 Å². The summed E-state index contributed by atoms with van der Waals surface area (Å²) in [6.07, 6.45) is 6.17. The second-order valence-electron chi connectivity index (χ2n) is 2.82. The third-order valence-corrected chi connectivity index (χ3v) is 1.90. The van der Waals surface area contributed by atoms with Gasteiger partial charge < -0.3 is 5.21 Å². The molecule has 0 saturated carbocycles. The highest BCUT2D eigenvalue weighted by atomic mass is 16.4. The molecular formula is C10H8N4O. The fourth-order valence-electron chi connectivity index (χ4n) is 1.25. The predicted molar refractivity (Wildman–Crippen MR) is 54.6 cm³/mol. The van der Waals surface area contributed by atoms with Crippen LogP contribution in [0.5, 0.6) is 0 Å². The van der Waals surface area contributed by atoms with Crippen molar-refractivity contribution in [1.82, 2.24) is 15.2 Å². The Morgan fingerprint density at radius 2 is 2.20 bits per heavy atom. The first-order chi connectivity index (χ1) is 7.42. The Balaban J connectivity index is 2.53. The van der Waals surface area contributed by atoms with E-state index in [-0.39, 0.29) is 0 Å². The summed E-state index contributed by atoms with van der Waals surface area (Å²) < 4.78 is 0. The van der Waals surface area contributed by atoms with Crippen LogP contribution in [0.2, 0.25) is 0 Å². The van der Waals surface area contributed by atoms with E-state index in [1.54, 1.807) is 30.7 Å². The van der Waals surface area contributed by atoms with Gasteiger partial charge in [-0.15, -0.1) is 0 Å². The molecule has 2 aromatic rings. The fraction of sp³-hybridized carbons (Fsp3) is 0. The molecule has 0 aromatic carbocycles. The Hall–Kier alpha value is -2.30. The van der Waals surface area contributed by atoms with E-state index < -0.39 is 0 Å². The maximum Gasteiger partial charge on any atom is 0.0937 e. The van der Waals surface area contributed by atoms with E-state index in [0.29, 0.717) is 5.56 Å². The average Bonchev–Trinajstić information content (AvgIpc) is 2.31. The van der Waals surface area contributed by atoms with Crippen LogP contribution in [-0.4, -0.2) is 26.6 Å². The third kappa shape index (κ3) is 1.96. The van der Waals surface area contributed by atoms with Gasteiger partial charge in [0.25, 0.3) is 0 Å². The molecule has 5 heteroatoms. The van der Waals surface area contributed by atoms with E-state index in [0.717, 1.165) is 11.3 Å². The zero-order valence-electron chi connectivity index (χ0n) is 7.78. The molecule has 1 N–H and O–H groups in total. The van der Waals surface area contributed by atoms with Gasteiger partial charge in [0.2, 0.25) is 0 Å². The van der Waals surface area contributed by atoms with Crippen molar-refractivity contribution in [2.45, 2.75) is 0 Å². The third-order valence-electron chi connectivity index (χ3n) is 1.90. The van der Waals surface area contributed by atoms with E-state index in [4.69, 9.17) is 5.21 Å². The molecular weight excluding hydrogens is 192 g/mol. The van der Waals surface area contributed by atoms with Crippen LogP contribution in [0.25, 0.3) is 11.3 Å². The maximum absolute atomic E-state index is 8.50. The highest BCUT2D eigenvalue weighted by Gasteiger charge is 2.04. The number of aromatic nitrogens is 3. The summed E-state index contributed by atoms with van der Waals surface area (Å²) in [5.74, 6) is 0. The Morgan fingerprint density at radius 1 is 1.27 bits per heavy atom. The van der Waals surface area contributed by atoms with Crippen LogP contribution in [0.4, 0.5) is 0 Å². The van der Waals surface area contributed by atoms with Crippen LogP contribution < -0.4 is 0 Å². The molecule has 74 valence electrons. The van der Waals surface area contributed by atoms with Gasteiger partial charge in [-0.1, -0.05) is 5.16 Å². The normalized spacial score (nSPS) is 10.7. The molecule has 5 nitrogen and oxygen atoms in total. The van der Waals surface area contributed by atoms with Gasteiger partial charge in [0.1, 0.15) is 0 Å². The maximum atomic E-state index is 8.50. The fourth-order valence-corrected chi connectivity index (χ4v) is 1.25. The van der Waals surface area contributed by atoms with E-state index in [2.05, 4.69) is 20.3 Å². The molecule has 15 heavy (non-hydrogen) atoms. The first-order valence-corrected chi connectivity index (χ1v) is 4.31. The van der Waals surface area contributed by atoms with Gasteiger partial charge in [0.05, 0.1) is 11.9 Å². The lowest BCUT2D eigenvalue weighted by atomic mass is 10.1. The monoisotopic (exact) mass is 200 g/mol. The Bertz CT molecular complexity index is 470. The highest BCUT2D eigenvalue weighted by Crippen LogP contribution is 2.18. The van der Waals surface area contributed by atoms with Crippen LogP contribution in [0.3, 0.4) is 0 Å². The molecule has 2 aromatic heterocycles. The van der Waals surface area contributed by atoms with Gasteiger partial charge in [-0.25, -0.2) is 0 Å². The largest absolute Gasteiger partial charge is 0.411 e. The molecule has 0 spiro atoms. The minimum atomic E-state index is 0.695. The molecule has 0 bridgehead atoms. The second-order valence-corrected chi connectivity index (χ2v) is 2.82. The van der Waals surface area contributed by atoms with Crippen LogP contribution in [0, 0.1) is 0 Å². The van der Waals surface area contributed by atoms with Gasteiger partial charge in [-0.2, -0.15) is 10.2 Å². The number of pyridine rings is 1. The van der Waals surface area contributed by atoms with E-state index in [9.17, 15) is 0 Å². The molecule has 0 amide bonds. The topological polar surface area (TPSA) is 71.3 Å². The van der Waals surface area contributed by atoms with Crippen molar-refractivity contribution >= 4 is 6.21 Å². The van der Waals surface area contributed by atoms with Crippen LogP contribution >= 0.6 is 0 Å². The summed E-state index contributed by atoms with van der Waals surface area (Å²) in [7, 11) is 0. The number of hydrogen-bond acceptors (Lipinski definition) is 5. The average molecular weight is 200 g/mol. The number of rotatable bonds is 2. The molecule has 2 heterocycles. The Labute approximate surface area is 86.1 Å². The van der Waals surface area contributed by atoms with E-state index in [1.807, 2.05) is 6.07 Å². The Kier molecular flexibility index (Phi) is 2.64. The molecule has 0 unspecified atom stereocenters. The van der Waals surface area contributed by atoms with Crippen molar-refractivity contribution < 1.29 is 5.21 Å². The van der Waals surface area contributed by atoms with Gasteiger partial charge in [0, 0.05) is 29.7 Å².